The lowest BCUT2D eigenvalue weighted by Crippen LogP contribution is -2.52. The van der Waals surface area contributed by atoms with Crippen molar-refractivity contribution in [2.45, 2.75) is 31.8 Å². The molecule has 1 aliphatic rings. The van der Waals surface area contributed by atoms with E-state index in [2.05, 4.69) is 17.6 Å². The van der Waals surface area contributed by atoms with Gasteiger partial charge in [0.25, 0.3) is 5.91 Å². The number of nitrogens with one attached hydrogen (secondary N) is 2. The molecule has 1 fully saturated rings. The first-order valence-corrected chi connectivity index (χ1v) is 6.56. The topological polar surface area (TPSA) is 50.4 Å². The summed E-state index contributed by atoms with van der Waals surface area (Å²) >= 11 is 0. The number of hydrogen-bond acceptors (Lipinski definition) is 3. The fraction of sp³-hybridized carbons (Fsp3) is 0.500. The first-order valence-electron chi connectivity index (χ1n) is 6.56. The van der Waals surface area contributed by atoms with Gasteiger partial charge in [0.15, 0.2) is 6.61 Å². The largest absolute Gasteiger partial charge is 0.484 e. The van der Waals surface area contributed by atoms with Crippen molar-refractivity contribution in [1.82, 2.24) is 10.6 Å². The van der Waals surface area contributed by atoms with E-state index in [-0.39, 0.29) is 30.4 Å². The molecule has 2 N–H and O–H groups in total. The van der Waals surface area contributed by atoms with E-state index in [9.17, 15) is 9.18 Å². The summed E-state index contributed by atoms with van der Waals surface area (Å²) in [5.74, 6) is 0.0233. The van der Waals surface area contributed by atoms with Crippen molar-refractivity contribution in [1.29, 1.82) is 0 Å². The predicted molar refractivity (Wildman–Crippen MR) is 70.5 cm³/mol. The van der Waals surface area contributed by atoms with Gasteiger partial charge < -0.3 is 15.4 Å². The monoisotopic (exact) mass is 266 g/mol. The highest BCUT2D eigenvalue weighted by Crippen LogP contribution is 2.11. The van der Waals surface area contributed by atoms with E-state index in [0.29, 0.717) is 5.75 Å². The van der Waals surface area contributed by atoms with Gasteiger partial charge in [0.2, 0.25) is 0 Å². The first kappa shape index (κ1) is 13.8. The minimum absolute atomic E-state index is 0.0468. The zero-order valence-electron chi connectivity index (χ0n) is 11.0. The van der Waals surface area contributed by atoms with Crippen LogP contribution in [0.4, 0.5) is 4.39 Å². The van der Waals surface area contributed by atoms with Crippen molar-refractivity contribution in [2.75, 3.05) is 13.2 Å². The number of ether oxygens (including phenoxy) is 1. The highest BCUT2D eigenvalue weighted by atomic mass is 19.1. The molecule has 0 bridgehead atoms. The molecule has 1 amide bonds. The van der Waals surface area contributed by atoms with Gasteiger partial charge in [0.1, 0.15) is 11.6 Å². The third-order valence-corrected chi connectivity index (χ3v) is 3.29. The van der Waals surface area contributed by atoms with Crippen molar-refractivity contribution in [2.24, 2.45) is 0 Å². The summed E-state index contributed by atoms with van der Waals surface area (Å²) in [5, 5.41) is 6.27. The lowest BCUT2D eigenvalue weighted by atomic mass is 10.00. The Bertz CT molecular complexity index is 422. The van der Waals surface area contributed by atoms with Crippen LogP contribution in [0.15, 0.2) is 24.3 Å². The van der Waals surface area contributed by atoms with Gasteiger partial charge in [0, 0.05) is 12.1 Å². The van der Waals surface area contributed by atoms with Crippen LogP contribution in [0, 0.1) is 5.82 Å². The average Bonchev–Trinajstić information content (AvgIpc) is 2.41. The molecule has 1 aromatic carbocycles. The van der Waals surface area contributed by atoms with E-state index in [0.717, 1.165) is 19.4 Å². The standard InChI is InChI=1S/C14H19FN2O2/c1-10-13(3-2-8-16-10)17-14(18)9-19-12-6-4-11(15)5-7-12/h4-7,10,13,16H,2-3,8-9H2,1H3,(H,17,18). The van der Waals surface area contributed by atoms with E-state index in [1.165, 1.54) is 24.3 Å². The molecule has 0 saturated carbocycles. The van der Waals surface area contributed by atoms with Crippen molar-refractivity contribution in [3.05, 3.63) is 30.1 Å². The lowest BCUT2D eigenvalue weighted by molar-refractivity contribution is -0.124. The minimum Gasteiger partial charge on any atom is -0.484 e. The summed E-state index contributed by atoms with van der Waals surface area (Å²) in [6, 6.07) is 6.06. The maximum absolute atomic E-state index is 12.7. The molecule has 0 aliphatic carbocycles. The normalized spacial score (nSPS) is 22.8. The zero-order valence-corrected chi connectivity index (χ0v) is 11.0. The van der Waals surface area contributed by atoms with E-state index < -0.39 is 0 Å². The van der Waals surface area contributed by atoms with E-state index in [1.54, 1.807) is 0 Å². The second kappa shape index (κ2) is 6.52. The molecule has 1 heterocycles. The molecule has 5 heteroatoms. The third-order valence-electron chi connectivity index (χ3n) is 3.29. The van der Waals surface area contributed by atoms with Crippen molar-refractivity contribution in [3.8, 4) is 5.75 Å². The molecule has 1 aliphatic heterocycles. The first-order chi connectivity index (χ1) is 9.15. The number of halogens is 1. The maximum Gasteiger partial charge on any atom is 0.258 e. The Morgan fingerprint density at radius 3 is 2.89 bits per heavy atom. The number of hydrogen-bond donors (Lipinski definition) is 2. The molecule has 0 aromatic heterocycles. The van der Waals surface area contributed by atoms with Gasteiger partial charge in [-0.1, -0.05) is 0 Å². The van der Waals surface area contributed by atoms with Gasteiger partial charge in [-0.15, -0.1) is 0 Å². The van der Waals surface area contributed by atoms with Gasteiger partial charge in [-0.05, 0) is 50.6 Å². The van der Waals surface area contributed by atoms with E-state index in [1.807, 2.05) is 0 Å². The van der Waals surface area contributed by atoms with Crippen LogP contribution >= 0.6 is 0 Å². The fourth-order valence-electron chi connectivity index (χ4n) is 2.17. The summed E-state index contributed by atoms with van der Waals surface area (Å²) in [4.78, 5) is 11.8. The molecule has 0 radical (unpaired) electrons. The predicted octanol–water partition coefficient (Wildman–Crippen LogP) is 1.46. The Balaban J connectivity index is 1.76. The van der Waals surface area contributed by atoms with Crippen LogP contribution in [0.25, 0.3) is 0 Å². The highest BCUT2D eigenvalue weighted by Gasteiger charge is 2.22. The van der Waals surface area contributed by atoms with Gasteiger partial charge in [-0.25, -0.2) is 4.39 Å². The van der Waals surface area contributed by atoms with Gasteiger partial charge >= 0.3 is 0 Å². The molecule has 19 heavy (non-hydrogen) atoms. The quantitative estimate of drug-likeness (QED) is 0.867. The highest BCUT2D eigenvalue weighted by molar-refractivity contribution is 5.77. The number of piperidine rings is 1. The fourth-order valence-corrected chi connectivity index (χ4v) is 2.17. The van der Waals surface area contributed by atoms with Gasteiger partial charge in [-0.3, -0.25) is 4.79 Å². The summed E-state index contributed by atoms with van der Waals surface area (Å²) < 4.78 is 18.0. The second-order valence-corrected chi connectivity index (χ2v) is 4.80. The van der Waals surface area contributed by atoms with Gasteiger partial charge in [0.05, 0.1) is 0 Å². The molecule has 2 atom stereocenters. The number of rotatable bonds is 4. The zero-order chi connectivity index (χ0) is 13.7. The maximum atomic E-state index is 12.7. The number of amides is 1. The number of benzene rings is 1. The molecule has 1 aromatic rings. The molecule has 2 unspecified atom stereocenters. The number of carbonyl (C=O) groups excluding carboxylic acids is 1. The average molecular weight is 266 g/mol. The molecular weight excluding hydrogens is 247 g/mol. The molecule has 2 rings (SSSR count). The Hall–Kier alpha value is -1.62. The summed E-state index contributed by atoms with van der Waals surface area (Å²) in [6.45, 7) is 3.01. The lowest BCUT2D eigenvalue weighted by Gasteiger charge is -2.30. The van der Waals surface area contributed by atoms with Crippen LogP contribution in [0.3, 0.4) is 0 Å². The Morgan fingerprint density at radius 2 is 2.21 bits per heavy atom. The van der Waals surface area contributed by atoms with Crippen LogP contribution in [0.1, 0.15) is 19.8 Å². The molecule has 1 saturated heterocycles. The van der Waals surface area contributed by atoms with Crippen LogP contribution in [-0.4, -0.2) is 31.1 Å². The molecular formula is C14H19FN2O2. The minimum atomic E-state index is -0.320. The van der Waals surface area contributed by atoms with Crippen molar-refractivity contribution >= 4 is 5.91 Å². The van der Waals surface area contributed by atoms with Crippen LogP contribution in [-0.2, 0) is 4.79 Å². The SMILES string of the molecule is CC1NCCCC1NC(=O)COc1ccc(F)cc1. The van der Waals surface area contributed by atoms with Crippen LogP contribution in [0.5, 0.6) is 5.75 Å². The van der Waals surface area contributed by atoms with Gasteiger partial charge in [-0.2, -0.15) is 0 Å². The van der Waals surface area contributed by atoms with Crippen molar-refractivity contribution < 1.29 is 13.9 Å². The molecule has 0 spiro atoms. The summed E-state index contributed by atoms with van der Waals surface area (Å²) in [6.07, 6.45) is 2.05. The Kier molecular flexibility index (Phi) is 4.74. The summed E-state index contributed by atoms with van der Waals surface area (Å²) in [7, 11) is 0. The Morgan fingerprint density at radius 1 is 1.47 bits per heavy atom. The van der Waals surface area contributed by atoms with Crippen LogP contribution in [0.2, 0.25) is 0 Å². The van der Waals surface area contributed by atoms with E-state index >= 15 is 0 Å². The Labute approximate surface area is 112 Å². The smallest absolute Gasteiger partial charge is 0.258 e. The van der Waals surface area contributed by atoms with Crippen LogP contribution < -0.4 is 15.4 Å². The second-order valence-electron chi connectivity index (χ2n) is 4.80. The van der Waals surface area contributed by atoms with Crippen molar-refractivity contribution in [3.63, 3.8) is 0 Å². The summed E-state index contributed by atoms with van der Waals surface area (Å²) in [5.41, 5.74) is 0. The molecule has 104 valence electrons. The third kappa shape index (κ3) is 4.21. The molecule has 4 nitrogen and oxygen atoms in total. The van der Waals surface area contributed by atoms with E-state index in [4.69, 9.17) is 4.74 Å². The number of carbonyl (C=O) groups is 1.